The first-order valence-electron chi connectivity index (χ1n) is 9.45. The fourth-order valence-corrected chi connectivity index (χ4v) is 4.62. The van der Waals surface area contributed by atoms with Crippen LogP contribution in [0.25, 0.3) is 0 Å². The summed E-state index contributed by atoms with van der Waals surface area (Å²) in [4.78, 5) is 6.55. The molecule has 1 aliphatic rings. The van der Waals surface area contributed by atoms with Crippen molar-refractivity contribution in [1.82, 2.24) is 14.6 Å². The number of likely N-dealkylation sites (tertiary alicyclic amines) is 1. The van der Waals surface area contributed by atoms with Crippen LogP contribution in [0.1, 0.15) is 32.6 Å². The number of hydrogen-bond acceptors (Lipinski definition) is 6. The smallest absolute Gasteiger partial charge is 0.242 e. The number of nitrogens with one attached hydrogen (secondary N) is 2. The molecule has 2 rings (SSSR count). The summed E-state index contributed by atoms with van der Waals surface area (Å²) < 4.78 is 33.1. The van der Waals surface area contributed by atoms with Gasteiger partial charge in [-0.3, -0.25) is 0 Å². The minimum Gasteiger partial charge on any atom is -0.383 e. The molecule has 0 saturated carbocycles. The van der Waals surface area contributed by atoms with Crippen LogP contribution < -0.4 is 10.0 Å². The van der Waals surface area contributed by atoms with Crippen molar-refractivity contribution in [1.29, 1.82) is 0 Å². The standard InChI is InChI=1S/C18H31ClN4O3S/c1-4-15(13-26-3)22-18-17(19)9-16(11-20-18)27(24,25)21-10-14-7-5-6-8-23(2)12-14/h9,11,14-15,21H,4-8,10,12-13H2,1-3H3,(H,20,22). The van der Waals surface area contributed by atoms with E-state index in [-0.39, 0.29) is 16.0 Å². The molecule has 0 aromatic carbocycles. The first kappa shape index (κ1) is 22.4. The van der Waals surface area contributed by atoms with Crippen molar-refractivity contribution in [3.05, 3.63) is 17.3 Å². The second kappa shape index (κ2) is 10.6. The highest BCUT2D eigenvalue weighted by atomic mass is 35.5. The molecule has 0 amide bonds. The summed E-state index contributed by atoms with van der Waals surface area (Å²) >= 11 is 6.26. The minimum absolute atomic E-state index is 0.0628. The van der Waals surface area contributed by atoms with E-state index in [1.165, 1.54) is 12.3 Å². The average Bonchev–Trinajstić information content (AvgIpc) is 2.85. The van der Waals surface area contributed by atoms with Gasteiger partial charge in [-0.2, -0.15) is 0 Å². The van der Waals surface area contributed by atoms with E-state index >= 15 is 0 Å². The Labute approximate surface area is 167 Å². The third kappa shape index (κ3) is 6.87. The largest absolute Gasteiger partial charge is 0.383 e. The number of hydrogen-bond donors (Lipinski definition) is 2. The molecule has 154 valence electrons. The summed E-state index contributed by atoms with van der Waals surface area (Å²) in [6, 6.07) is 1.51. The van der Waals surface area contributed by atoms with E-state index in [0.717, 1.165) is 38.8 Å². The van der Waals surface area contributed by atoms with Gasteiger partial charge in [-0.15, -0.1) is 0 Å². The van der Waals surface area contributed by atoms with Crippen molar-refractivity contribution in [2.45, 2.75) is 43.5 Å². The third-order valence-corrected chi connectivity index (χ3v) is 6.54. The van der Waals surface area contributed by atoms with Crippen molar-refractivity contribution in [2.75, 3.05) is 45.7 Å². The van der Waals surface area contributed by atoms with Crippen LogP contribution in [-0.2, 0) is 14.8 Å². The molecule has 0 bridgehead atoms. The first-order chi connectivity index (χ1) is 12.9. The fraction of sp³-hybridized carbons (Fsp3) is 0.722. The molecular formula is C18H31ClN4O3S. The summed E-state index contributed by atoms with van der Waals surface area (Å²) in [6.45, 7) is 4.95. The molecule has 1 aromatic rings. The summed E-state index contributed by atoms with van der Waals surface area (Å²) in [5.74, 6) is 0.779. The lowest BCUT2D eigenvalue weighted by atomic mass is 10.0. The van der Waals surface area contributed by atoms with Gasteiger partial charge in [-0.1, -0.05) is 24.9 Å². The van der Waals surface area contributed by atoms with Crippen molar-refractivity contribution < 1.29 is 13.2 Å². The van der Waals surface area contributed by atoms with Gasteiger partial charge in [0, 0.05) is 26.4 Å². The minimum atomic E-state index is -3.64. The SMILES string of the molecule is CCC(COC)Nc1ncc(S(=O)(=O)NCC2CCCCN(C)C2)cc1Cl. The molecule has 0 radical (unpaired) electrons. The molecule has 1 aliphatic heterocycles. The van der Waals surface area contributed by atoms with Crippen LogP contribution in [0, 0.1) is 5.92 Å². The van der Waals surface area contributed by atoms with Crippen molar-refractivity contribution in [3.63, 3.8) is 0 Å². The van der Waals surface area contributed by atoms with E-state index in [2.05, 4.69) is 27.0 Å². The van der Waals surface area contributed by atoms with E-state index in [1.807, 2.05) is 6.92 Å². The average molecular weight is 419 g/mol. The summed E-state index contributed by atoms with van der Waals surface area (Å²) in [5, 5.41) is 3.46. The Balaban J connectivity index is 2.02. The number of methoxy groups -OCH3 is 1. The zero-order valence-electron chi connectivity index (χ0n) is 16.4. The van der Waals surface area contributed by atoms with Gasteiger partial charge in [0.1, 0.15) is 10.7 Å². The molecule has 2 atom stereocenters. The van der Waals surface area contributed by atoms with Gasteiger partial charge in [0.25, 0.3) is 0 Å². The Morgan fingerprint density at radius 1 is 1.44 bits per heavy atom. The lowest BCUT2D eigenvalue weighted by molar-refractivity contribution is 0.184. The number of aromatic nitrogens is 1. The van der Waals surface area contributed by atoms with Crippen molar-refractivity contribution in [2.24, 2.45) is 5.92 Å². The van der Waals surface area contributed by atoms with Gasteiger partial charge in [0.05, 0.1) is 17.7 Å². The maximum absolute atomic E-state index is 12.6. The number of ether oxygens (including phenoxy) is 1. The van der Waals surface area contributed by atoms with E-state index < -0.39 is 10.0 Å². The van der Waals surface area contributed by atoms with E-state index in [4.69, 9.17) is 16.3 Å². The maximum Gasteiger partial charge on any atom is 0.242 e. The topological polar surface area (TPSA) is 83.6 Å². The Kier molecular flexibility index (Phi) is 8.75. The zero-order valence-corrected chi connectivity index (χ0v) is 17.9. The molecule has 1 saturated heterocycles. The highest BCUT2D eigenvalue weighted by Gasteiger charge is 2.21. The lowest BCUT2D eigenvalue weighted by Gasteiger charge is -2.20. The molecule has 1 fully saturated rings. The van der Waals surface area contributed by atoms with Gasteiger partial charge in [0.2, 0.25) is 10.0 Å². The summed E-state index contributed by atoms with van der Waals surface area (Å²) in [5.41, 5.74) is 0. The Bertz CT molecular complexity index is 702. The quantitative estimate of drug-likeness (QED) is 0.641. The van der Waals surface area contributed by atoms with Gasteiger partial charge in [-0.25, -0.2) is 18.1 Å². The number of nitrogens with zero attached hydrogens (tertiary/aromatic N) is 2. The van der Waals surface area contributed by atoms with Crippen molar-refractivity contribution >= 4 is 27.4 Å². The number of pyridine rings is 1. The van der Waals surface area contributed by atoms with Crippen LogP contribution in [0.5, 0.6) is 0 Å². The third-order valence-electron chi connectivity index (χ3n) is 4.86. The van der Waals surface area contributed by atoms with Crippen LogP contribution in [0.3, 0.4) is 0 Å². The van der Waals surface area contributed by atoms with Crippen LogP contribution in [-0.4, -0.2) is 64.7 Å². The Morgan fingerprint density at radius 3 is 2.89 bits per heavy atom. The Hall–Kier alpha value is -0.930. The number of anilines is 1. The monoisotopic (exact) mass is 418 g/mol. The van der Waals surface area contributed by atoms with E-state index in [9.17, 15) is 8.42 Å². The molecule has 9 heteroatoms. The summed E-state index contributed by atoms with van der Waals surface area (Å²) in [7, 11) is 0.0700. The lowest BCUT2D eigenvalue weighted by Crippen LogP contribution is -2.34. The van der Waals surface area contributed by atoms with Gasteiger partial charge < -0.3 is 15.0 Å². The van der Waals surface area contributed by atoms with Gasteiger partial charge in [-0.05, 0) is 44.8 Å². The molecule has 0 spiro atoms. The number of halogens is 1. The second-order valence-electron chi connectivity index (χ2n) is 7.18. The second-order valence-corrected chi connectivity index (χ2v) is 9.36. The van der Waals surface area contributed by atoms with Gasteiger partial charge >= 0.3 is 0 Å². The molecule has 2 unspecified atom stereocenters. The normalized spacial score (nSPS) is 20.2. The number of sulfonamides is 1. The van der Waals surface area contributed by atoms with Gasteiger partial charge in [0.15, 0.2) is 0 Å². The first-order valence-corrected chi connectivity index (χ1v) is 11.3. The van der Waals surface area contributed by atoms with Crippen LogP contribution in [0.4, 0.5) is 5.82 Å². The van der Waals surface area contributed by atoms with E-state index in [1.54, 1.807) is 7.11 Å². The highest BCUT2D eigenvalue weighted by molar-refractivity contribution is 7.89. The number of rotatable bonds is 9. The van der Waals surface area contributed by atoms with Crippen LogP contribution in [0.15, 0.2) is 17.2 Å². The molecule has 7 nitrogen and oxygen atoms in total. The molecular weight excluding hydrogens is 388 g/mol. The summed E-state index contributed by atoms with van der Waals surface area (Å²) in [6.07, 6.45) is 5.51. The van der Waals surface area contributed by atoms with E-state index in [0.29, 0.717) is 24.9 Å². The highest BCUT2D eigenvalue weighted by Crippen LogP contribution is 2.24. The van der Waals surface area contributed by atoms with Crippen LogP contribution >= 0.6 is 11.6 Å². The molecule has 2 heterocycles. The maximum atomic E-state index is 12.6. The fourth-order valence-electron chi connectivity index (χ4n) is 3.25. The molecule has 0 aliphatic carbocycles. The molecule has 27 heavy (non-hydrogen) atoms. The predicted molar refractivity (Wildman–Crippen MR) is 109 cm³/mol. The Morgan fingerprint density at radius 2 is 2.22 bits per heavy atom. The van der Waals surface area contributed by atoms with Crippen LogP contribution in [0.2, 0.25) is 5.02 Å². The predicted octanol–water partition coefficient (Wildman–Crippen LogP) is 2.58. The molecule has 1 aromatic heterocycles. The zero-order chi connectivity index (χ0) is 19.9. The van der Waals surface area contributed by atoms with Crippen molar-refractivity contribution in [3.8, 4) is 0 Å². The molecule has 2 N–H and O–H groups in total.